The number of rotatable bonds is 5. The van der Waals surface area contributed by atoms with Crippen LogP contribution in [0.2, 0.25) is 5.02 Å². The molecule has 0 atom stereocenters. The highest BCUT2D eigenvalue weighted by Gasteiger charge is 2.14. The molecule has 0 saturated heterocycles. The van der Waals surface area contributed by atoms with Crippen LogP contribution in [-0.4, -0.2) is 21.8 Å². The smallest absolute Gasteiger partial charge is 0.343 e. The molecule has 5 aromatic rings. The summed E-state index contributed by atoms with van der Waals surface area (Å²) in [5, 5.41) is 5.45. The van der Waals surface area contributed by atoms with Gasteiger partial charge in [0.2, 0.25) is 0 Å². The summed E-state index contributed by atoms with van der Waals surface area (Å²) in [5.74, 6) is 0.106. The summed E-state index contributed by atoms with van der Waals surface area (Å²) in [4.78, 5) is 30.9. The van der Waals surface area contributed by atoms with Crippen molar-refractivity contribution in [3.05, 3.63) is 126 Å². The number of carbonyl (C=O) groups excluding carboxylic acids is 1. The van der Waals surface area contributed by atoms with E-state index in [9.17, 15) is 9.59 Å². The summed E-state index contributed by atoms with van der Waals surface area (Å²) < 4.78 is 8.53. The first-order valence-corrected chi connectivity index (χ1v) is 12.9. The average Bonchev–Trinajstić information content (AvgIpc) is 2.90. The molecule has 0 amide bonds. The summed E-state index contributed by atoms with van der Waals surface area (Å²) in [6, 6.07) is 26.1. The van der Waals surface area contributed by atoms with Crippen molar-refractivity contribution in [3.8, 4) is 17.1 Å². The number of hydrogen-bond acceptors (Lipinski definition) is 5. The van der Waals surface area contributed by atoms with E-state index >= 15 is 0 Å². The third kappa shape index (κ3) is 5.56. The van der Waals surface area contributed by atoms with Gasteiger partial charge in [-0.15, -0.1) is 0 Å². The molecule has 0 radical (unpaired) electrons. The topological polar surface area (TPSA) is 73.5 Å². The summed E-state index contributed by atoms with van der Waals surface area (Å²) >= 11 is 12.8. The normalized spacial score (nSPS) is 11.2. The summed E-state index contributed by atoms with van der Waals surface area (Å²) in [5.41, 5.74) is 1.79. The van der Waals surface area contributed by atoms with Crippen LogP contribution in [0, 0.1) is 0 Å². The van der Waals surface area contributed by atoms with E-state index in [0.717, 1.165) is 8.95 Å². The fourth-order valence-corrected chi connectivity index (χ4v) is 4.36. The lowest BCUT2D eigenvalue weighted by atomic mass is 10.2. The van der Waals surface area contributed by atoms with Gasteiger partial charge >= 0.3 is 5.97 Å². The summed E-state index contributed by atoms with van der Waals surface area (Å²) in [6.45, 7) is 0. The maximum Gasteiger partial charge on any atom is 0.343 e. The molecule has 0 spiro atoms. The Labute approximate surface area is 233 Å². The van der Waals surface area contributed by atoms with Crippen LogP contribution in [0.3, 0.4) is 0 Å². The molecule has 4 aromatic carbocycles. The molecule has 0 aliphatic heterocycles. The van der Waals surface area contributed by atoms with E-state index in [2.05, 4.69) is 37.0 Å². The average molecular weight is 638 g/mol. The van der Waals surface area contributed by atoms with Crippen molar-refractivity contribution in [2.75, 3.05) is 0 Å². The SMILES string of the molecule is O=C(Oc1ccc(Br)cc1C=Nn1c(-c2ccc(Br)cc2)nc2ccccc2c1=O)c1ccc(Cl)cc1. The Morgan fingerprint density at radius 2 is 1.62 bits per heavy atom. The van der Waals surface area contributed by atoms with E-state index in [1.54, 1.807) is 60.7 Å². The third-order valence-corrected chi connectivity index (χ3v) is 6.70. The lowest BCUT2D eigenvalue weighted by Gasteiger charge is -2.11. The molecular weight excluding hydrogens is 622 g/mol. The number of halogens is 3. The van der Waals surface area contributed by atoms with Crippen molar-refractivity contribution in [2.24, 2.45) is 5.10 Å². The Morgan fingerprint density at radius 3 is 2.38 bits per heavy atom. The Kier molecular flexibility index (Phi) is 7.32. The molecule has 5 rings (SSSR count). The molecule has 9 heteroatoms. The van der Waals surface area contributed by atoms with Gasteiger partial charge in [0.05, 0.1) is 22.7 Å². The molecule has 0 N–H and O–H groups in total. The van der Waals surface area contributed by atoms with Crippen LogP contribution in [0.5, 0.6) is 5.75 Å². The van der Waals surface area contributed by atoms with Gasteiger partial charge in [0.15, 0.2) is 5.82 Å². The first-order chi connectivity index (χ1) is 17.9. The lowest BCUT2D eigenvalue weighted by Crippen LogP contribution is -2.20. The lowest BCUT2D eigenvalue weighted by molar-refractivity contribution is 0.0734. The van der Waals surface area contributed by atoms with Crippen molar-refractivity contribution in [1.29, 1.82) is 0 Å². The molecule has 1 aromatic heterocycles. The van der Waals surface area contributed by atoms with Gasteiger partial charge in [0.25, 0.3) is 5.56 Å². The second-order valence-corrected chi connectivity index (χ2v) is 10.2. The van der Waals surface area contributed by atoms with Gasteiger partial charge in [-0.05, 0) is 66.7 Å². The maximum atomic E-state index is 13.4. The summed E-state index contributed by atoms with van der Waals surface area (Å²) in [6.07, 6.45) is 1.47. The highest BCUT2D eigenvalue weighted by Crippen LogP contribution is 2.25. The Morgan fingerprint density at radius 1 is 0.919 bits per heavy atom. The number of hydrogen-bond donors (Lipinski definition) is 0. The molecule has 37 heavy (non-hydrogen) atoms. The number of carbonyl (C=O) groups is 1. The minimum absolute atomic E-state index is 0.277. The fraction of sp³-hybridized carbons (Fsp3) is 0. The fourth-order valence-electron chi connectivity index (χ4n) is 3.59. The first kappa shape index (κ1) is 25.1. The molecule has 0 saturated carbocycles. The van der Waals surface area contributed by atoms with Gasteiger partial charge < -0.3 is 4.74 Å². The number of aromatic nitrogens is 2. The highest BCUT2D eigenvalue weighted by atomic mass is 79.9. The van der Waals surface area contributed by atoms with Gasteiger partial charge in [-0.2, -0.15) is 9.78 Å². The maximum absolute atomic E-state index is 13.4. The Hall–Kier alpha value is -3.59. The zero-order valence-corrected chi connectivity index (χ0v) is 22.9. The highest BCUT2D eigenvalue weighted by molar-refractivity contribution is 9.10. The van der Waals surface area contributed by atoms with Gasteiger partial charge in [0.1, 0.15) is 5.75 Å². The number of nitrogens with zero attached hydrogens (tertiary/aromatic N) is 3. The van der Waals surface area contributed by atoms with E-state index in [-0.39, 0.29) is 11.3 Å². The zero-order chi connectivity index (χ0) is 25.9. The van der Waals surface area contributed by atoms with Gasteiger partial charge in [-0.25, -0.2) is 9.78 Å². The zero-order valence-electron chi connectivity index (χ0n) is 18.9. The van der Waals surface area contributed by atoms with E-state index in [1.165, 1.54) is 10.9 Å². The van der Waals surface area contributed by atoms with Gasteiger partial charge in [-0.3, -0.25) is 4.79 Å². The van der Waals surface area contributed by atoms with Crippen LogP contribution in [-0.2, 0) is 0 Å². The number of para-hydroxylation sites is 1. The molecule has 0 fully saturated rings. The van der Waals surface area contributed by atoms with Crippen molar-refractivity contribution in [3.63, 3.8) is 0 Å². The minimum Gasteiger partial charge on any atom is -0.422 e. The Balaban J connectivity index is 1.58. The molecule has 0 aliphatic rings. The molecule has 6 nitrogen and oxygen atoms in total. The monoisotopic (exact) mass is 635 g/mol. The van der Waals surface area contributed by atoms with E-state index in [4.69, 9.17) is 21.3 Å². The standard InChI is InChI=1S/C28H16Br2ClN3O3/c29-20-9-5-17(6-10-20)26-33-24-4-2-1-3-23(24)27(35)34(26)32-16-19-15-21(30)11-14-25(19)37-28(36)18-7-12-22(31)13-8-18/h1-16H. The van der Waals surface area contributed by atoms with Crippen LogP contribution in [0.1, 0.15) is 15.9 Å². The Bertz CT molecular complexity index is 1720. The van der Waals surface area contributed by atoms with E-state index < -0.39 is 5.97 Å². The second-order valence-electron chi connectivity index (χ2n) is 7.90. The molecule has 0 aliphatic carbocycles. The number of ether oxygens (including phenoxy) is 1. The second kappa shape index (κ2) is 10.8. The molecule has 1 heterocycles. The van der Waals surface area contributed by atoms with E-state index in [1.807, 2.05) is 30.3 Å². The third-order valence-electron chi connectivity index (χ3n) is 5.42. The van der Waals surface area contributed by atoms with Gasteiger partial charge in [-0.1, -0.05) is 67.7 Å². The largest absolute Gasteiger partial charge is 0.422 e. The number of fused-ring (bicyclic) bond motifs is 1. The summed E-state index contributed by atoms with van der Waals surface area (Å²) in [7, 11) is 0. The molecule has 0 unspecified atom stereocenters. The number of benzene rings is 4. The van der Waals surface area contributed by atoms with E-state index in [0.29, 0.717) is 38.4 Å². The van der Waals surface area contributed by atoms with Crippen LogP contribution in [0.25, 0.3) is 22.3 Å². The van der Waals surface area contributed by atoms with Crippen LogP contribution in [0.15, 0.2) is 110 Å². The van der Waals surface area contributed by atoms with Crippen LogP contribution >= 0.6 is 43.5 Å². The first-order valence-electron chi connectivity index (χ1n) is 11.0. The predicted molar refractivity (Wildman–Crippen MR) is 153 cm³/mol. The van der Waals surface area contributed by atoms with Crippen LogP contribution in [0.4, 0.5) is 0 Å². The van der Waals surface area contributed by atoms with Crippen molar-refractivity contribution < 1.29 is 9.53 Å². The number of esters is 1. The van der Waals surface area contributed by atoms with Crippen molar-refractivity contribution >= 4 is 66.5 Å². The minimum atomic E-state index is -0.547. The molecule has 0 bridgehead atoms. The van der Waals surface area contributed by atoms with Crippen LogP contribution < -0.4 is 10.3 Å². The molecule has 182 valence electrons. The predicted octanol–water partition coefficient (Wildman–Crippen LogP) is 7.34. The van der Waals surface area contributed by atoms with Crippen molar-refractivity contribution in [1.82, 2.24) is 9.66 Å². The van der Waals surface area contributed by atoms with Crippen molar-refractivity contribution in [2.45, 2.75) is 0 Å². The molecular formula is C28H16Br2ClN3O3. The van der Waals surface area contributed by atoms with Gasteiger partial charge in [0, 0.05) is 25.1 Å². The quantitative estimate of drug-likeness (QED) is 0.115.